The lowest BCUT2D eigenvalue weighted by Gasteiger charge is -2.16. The molecule has 17 aromatic carbocycles. The van der Waals surface area contributed by atoms with Gasteiger partial charge in [0, 0.05) is 65.7 Å². The summed E-state index contributed by atoms with van der Waals surface area (Å²) in [7, 11) is 0. The summed E-state index contributed by atoms with van der Waals surface area (Å²) in [6.45, 7) is 0. The fourth-order valence-corrected chi connectivity index (χ4v) is 18.4. The first kappa shape index (κ1) is 59.8. The van der Waals surface area contributed by atoms with Crippen molar-refractivity contribution in [3.63, 3.8) is 0 Å². The molecule has 0 saturated heterocycles. The number of benzene rings is 17. The van der Waals surface area contributed by atoms with Crippen molar-refractivity contribution in [3.05, 3.63) is 352 Å². The van der Waals surface area contributed by atoms with Crippen molar-refractivity contribution in [3.8, 4) is 145 Å². The molecule has 2 aliphatic rings. The van der Waals surface area contributed by atoms with Crippen molar-refractivity contribution < 1.29 is 13.3 Å². The van der Waals surface area contributed by atoms with Gasteiger partial charge in [0.15, 0.2) is 0 Å². The molecule has 502 valence electrons. The number of aromatic nitrogens is 2. The SMILES string of the molecule is c1ccc(-c2cccc(-c3cc(-c4ccc5cc(-c6ccccc6-c6ccc(-c7cc(-c8ccc9c(ccc%10ccccc%109)c8)cc(-c8ccc9c%10c(cccc8%10)-c8c-9ccc9oc%10ccccc%10c89)n7)cc6)cc6c5c4-c4ccc5oc7ccccc7c5c4-6)cc(-c4cccc5c4oc4ccccc45)n3)c2)cc1. The van der Waals surface area contributed by atoms with Crippen LogP contribution < -0.4 is 0 Å². The highest BCUT2D eigenvalue weighted by Gasteiger charge is 2.32. The van der Waals surface area contributed by atoms with Crippen molar-refractivity contribution in [2.75, 3.05) is 0 Å². The Morgan fingerprint density at radius 1 is 0.165 bits per heavy atom. The van der Waals surface area contributed by atoms with Gasteiger partial charge >= 0.3 is 0 Å². The highest BCUT2D eigenvalue weighted by molar-refractivity contribution is 6.30. The Balaban J connectivity index is 0.658. The molecule has 2 aliphatic carbocycles. The molecule has 0 spiro atoms. The number of furan rings is 3. The molecule has 0 saturated carbocycles. The Kier molecular flexibility index (Phi) is 12.6. The molecule has 0 bridgehead atoms. The molecule has 0 aliphatic heterocycles. The van der Waals surface area contributed by atoms with E-state index in [0.29, 0.717) is 0 Å². The van der Waals surface area contributed by atoms with Gasteiger partial charge in [0.1, 0.15) is 33.5 Å². The van der Waals surface area contributed by atoms with E-state index in [1.165, 1.54) is 82.2 Å². The monoisotopic (exact) mass is 1380 g/mol. The zero-order valence-corrected chi connectivity index (χ0v) is 58.6. The van der Waals surface area contributed by atoms with Crippen LogP contribution in [0.25, 0.3) is 254 Å². The number of fused-ring (bicyclic) bond motifs is 20. The maximum Gasteiger partial charge on any atom is 0.144 e. The molecule has 0 fully saturated rings. The normalized spacial score (nSPS) is 12.2. The van der Waals surface area contributed by atoms with Gasteiger partial charge in [-0.3, -0.25) is 0 Å². The average Bonchev–Trinajstić information content (AvgIpc) is 1.55. The second-order valence-electron chi connectivity index (χ2n) is 29.2. The molecule has 22 aromatic rings. The Labute approximate surface area is 625 Å². The quantitative estimate of drug-likeness (QED) is 0.135. The highest BCUT2D eigenvalue weighted by Crippen LogP contribution is 2.58. The summed E-state index contributed by atoms with van der Waals surface area (Å²) in [4.78, 5) is 11.3. The van der Waals surface area contributed by atoms with Crippen LogP contribution in [0.4, 0.5) is 0 Å². The van der Waals surface area contributed by atoms with Gasteiger partial charge in [0.2, 0.25) is 0 Å². The van der Waals surface area contributed by atoms with E-state index in [-0.39, 0.29) is 0 Å². The Morgan fingerprint density at radius 3 is 1.45 bits per heavy atom. The summed E-state index contributed by atoms with van der Waals surface area (Å²) in [6, 6.07) is 128. The van der Waals surface area contributed by atoms with E-state index < -0.39 is 0 Å². The van der Waals surface area contributed by atoms with Crippen LogP contribution in [0.3, 0.4) is 0 Å². The van der Waals surface area contributed by atoms with Crippen molar-refractivity contribution in [1.82, 2.24) is 9.97 Å². The largest absolute Gasteiger partial charge is 0.456 e. The van der Waals surface area contributed by atoms with Crippen molar-refractivity contribution in [1.29, 1.82) is 0 Å². The predicted octanol–water partition coefficient (Wildman–Crippen LogP) is 29.1. The van der Waals surface area contributed by atoms with E-state index in [0.717, 1.165) is 172 Å². The second-order valence-corrected chi connectivity index (χ2v) is 29.2. The molecular formula is C104H58N2O3. The minimum atomic E-state index is 0.817. The van der Waals surface area contributed by atoms with E-state index in [1.54, 1.807) is 0 Å². The molecular weight excluding hydrogens is 1330 g/mol. The summed E-state index contributed by atoms with van der Waals surface area (Å²) in [5.41, 5.74) is 33.6. The predicted molar refractivity (Wildman–Crippen MR) is 452 cm³/mol. The first-order valence-electron chi connectivity index (χ1n) is 37.3. The first-order chi connectivity index (χ1) is 54.0. The fraction of sp³-hybridized carbons (Fsp3) is 0. The third-order valence-corrected chi connectivity index (χ3v) is 23.3. The summed E-state index contributed by atoms with van der Waals surface area (Å²) in [5, 5.41) is 16.3. The van der Waals surface area contributed by atoms with Crippen LogP contribution in [-0.2, 0) is 0 Å². The van der Waals surface area contributed by atoms with Gasteiger partial charge in [-0.15, -0.1) is 0 Å². The first-order valence-corrected chi connectivity index (χ1v) is 37.3. The molecule has 5 nitrogen and oxygen atoms in total. The van der Waals surface area contributed by atoms with Crippen LogP contribution in [0.15, 0.2) is 365 Å². The van der Waals surface area contributed by atoms with Crippen LogP contribution in [0.1, 0.15) is 0 Å². The third-order valence-electron chi connectivity index (χ3n) is 23.3. The number of hydrogen-bond acceptors (Lipinski definition) is 5. The van der Waals surface area contributed by atoms with Gasteiger partial charge in [0.25, 0.3) is 0 Å². The maximum absolute atomic E-state index is 6.78. The minimum Gasteiger partial charge on any atom is -0.456 e. The minimum absolute atomic E-state index is 0.817. The second kappa shape index (κ2) is 23.0. The number of nitrogens with zero attached hydrogens (tertiary/aromatic N) is 2. The third kappa shape index (κ3) is 9.02. The van der Waals surface area contributed by atoms with Gasteiger partial charge in [-0.05, 0) is 229 Å². The number of rotatable bonds is 9. The summed E-state index contributed by atoms with van der Waals surface area (Å²) in [5.74, 6) is 0. The van der Waals surface area contributed by atoms with Gasteiger partial charge in [-0.1, -0.05) is 255 Å². The number of para-hydroxylation sites is 4. The topological polar surface area (TPSA) is 65.2 Å². The zero-order valence-electron chi connectivity index (χ0n) is 58.6. The Hall–Kier alpha value is -14.5. The molecule has 0 amide bonds. The highest BCUT2D eigenvalue weighted by atomic mass is 16.3. The molecule has 0 atom stereocenters. The molecule has 5 heterocycles. The lowest BCUT2D eigenvalue weighted by atomic mass is 9.89. The van der Waals surface area contributed by atoms with Gasteiger partial charge < -0.3 is 13.3 Å². The van der Waals surface area contributed by atoms with Gasteiger partial charge in [-0.2, -0.15) is 0 Å². The van der Waals surface area contributed by atoms with E-state index >= 15 is 0 Å². The summed E-state index contributed by atoms with van der Waals surface area (Å²) >= 11 is 0. The van der Waals surface area contributed by atoms with Crippen molar-refractivity contribution >= 4 is 109 Å². The molecule has 109 heavy (non-hydrogen) atoms. The maximum atomic E-state index is 6.78. The van der Waals surface area contributed by atoms with Crippen LogP contribution >= 0.6 is 0 Å². The van der Waals surface area contributed by atoms with Crippen LogP contribution in [0.2, 0.25) is 0 Å². The summed E-state index contributed by atoms with van der Waals surface area (Å²) in [6.07, 6.45) is 0. The van der Waals surface area contributed by atoms with E-state index in [9.17, 15) is 0 Å². The molecule has 5 heteroatoms. The fourth-order valence-electron chi connectivity index (χ4n) is 18.4. The molecule has 0 unspecified atom stereocenters. The van der Waals surface area contributed by atoms with Crippen LogP contribution in [-0.4, -0.2) is 9.97 Å². The van der Waals surface area contributed by atoms with Crippen LogP contribution in [0, 0.1) is 0 Å². The number of hydrogen-bond donors (Lipinski definition) is 0. The average molecular weight is 1380 g/mol. The molecule has 0 N–H and O–H groups in total. The smallest absolute Gasteiger partial charge is 0.144 e. The molecule has 0 radical (unpaired) electrons. The van der Waals surface area contributed by atoms with E-state index in [2.05, 4.69) is 334 Å². The van der Waals surface area contributed by atoms with Gasteiger partial charge in [0.05, 0.1) is 22.8 Å². The van der Waals surface area contributed by atoms with E-state index in [4.69, 9.17) is 23.2 Å². The van der Waals surface area contributed by atoms with Crippen molar-refractivity contribution in [2.24, 2.45) is 0 Å². The lowest BCUT2D eigenvalue weighted by molar-refractivity contribution is 0.668. The lowest BCUT2D eigenvalue weighted by Crippen LogP contribution is -1.94. The number of pyridine rings is 2. The van der Waals surface area contributed by atoms with Crippen molar-refractivity contribution in [2.45, 2.75) is 0 Å². The Morgan fingerprint density at radius 2 is 0.651 bits per heavy atom. The standard InChI is InChI=1S/C104H58N2O3/c1-2-17-59(18-3-1)63-20-14-21-66(52-63)89-57-70(58-91(106-89)82-30-16-29-81-77-25-8-11-32-92(77)109-104(81)82)75-44-42-67-53-69(54-87-97(67)99(75)86-48-50-96-103(101(86)87)84-27-10-13-34-94(84)108-96)73-24-7-6-23-72(73)61-35-38-62(39-36-61)88-55-68(64-41-43-74-65(51-64)40-37-60-19-4-5-22-71(60)74)56-90(105-88)76-45-46-79-80-47-49-95-102(83-26-9-12-33-93(83)107-95)100(80)85-31-15-28-78(76)98(79)85/h1-58H. The summed E-state index contributed by atoms with van der Waals surface area (Å²) < 4.78 is 20.0. The van der Waals surface area contributed by atoms with Gasteiger partial charge in [-0.25, -0.2) is 9.97 Å². The zero-order chi connectivity index (χ0) is 71.1. The molecule has 24 rings (SSSR count). The Bertz CT molecular complexity index is 7720. The van der Waals surface area contributed by atoms with Crippen LogP contribution in [0.5, 0.6) is 0 Å². The molecule has 5 aromatic heterocycles. The van der Waals surface area contributed by atoms with E-state index in [1.807, 2.05) is 18.2 Å².